The third-order valence-electron chi connectivity index (χ3n) is 4.57. The number of anilines is 2. The van der Waals surface area contributed by atoms with Gasteiger partial charge in [0.15, 0.2) is 0 Å². The number of rotatable bonds is 5. The maximum Gasteiger partial charge on any atom is 0.333 e. The summed E-state index contributed by atoms with van der Waals surface area (Å²) in [4.78, 5) is 27.6. The molecule has 0 unspecified atom stereocenters. The molecule has 3 aromatic rings. The Labute approximate surface area is 193 Å². The van der Waals surface area contributed by atoms with Crippen molar-refractivity contribution in [3.8, 4) is 24.7 Å². The van der Waals surface area contributed by atoms with Crippen molar-refractivity contribution < 1.29 is 9.59 Å². The molecule has 0 aromatic heterocycles. The Morgan fingerprint density at radius 1 is 0.909 bits per heavy atom. The third-order valence-corrected chi connectivity index (χ3v) is 4.57. The van der Waals surface area contributed by atoms with Crippen molar-refractivity contribution >= 4 is 29.5 Å². The number of imide groups is 1. The zero-order chi connectivity index (χ0) is 23.8. The summed E-state index contributed by atoms with van der Waals surface area (Å²) in [5.41, 5.74) is 3.23. The van der Waals surface area contributed by atoms with Gasteiger partial charge in [-0.15, -0.1) is 12.8 Å². The van der Waals surface area contributed by atoms with Gasteiger partial charge >= 0.3 is 6.03 Å². The van der Waals surface area contributed by atoms with Crippen LogP contribution in [0, 0.1) is 24.7 Å². The van der Waals surface area contributed by atoms with Crippen LogP contribution in [0.4, 0.5) is 16.2 Å². The summed E-state index contributed by atoms with van der Waals surface area (Å²) in [6, 6.07) is 19.6. The van der Waals surface area contributed by atoms with Crippen LogP contribution in [0.1, 0.15) is 27.0 Å². The maximum absolute atomic E-state index is 13.3. The lowest BCUT2D eigenvalue weighted by Crippen LogP contribution is -2.40. The molecule has 0 aliphatic heterocycles. The quantitative estimate of drug-likeness (QED) is 0.367. The fourth-order valence-corrected chi connectivity index (χ4v) is 2.92. The number of nitrogens with zero attached hydrogens (tertiary/aromatic N) is 3. The van der Waals surface area contributed by atoms with E-state index in [2.05, 4.69) is 22.3 Å². The Hall–Kier alpha value is -4.81. The largest absolute Gasteiger partial charge is 0.333 e. The van der Waals surface area contributed by atoms with Crippen LogP contribution in [0.15, 0.2) is 77.9 Å². The maximum atomic E-state index is 13.3. The molecule has 0 aliphatic rings. The van der Waals surface area contributed by atoms with Crippen molar-refractivity contribution in [3.63, 3.8) is 0 Å². The molecule has 0 radical (unpaired) electrons. The van der Waals surface area contributed by atoms with Gasteiger partial charge in [-0.05, 0) is 60.2 Å². The number of benzene rings is 3. The second-order valence-electron chi connectivity index (χ2n) is 7.20. The molecule has 0 fully saturated rings. The van der Waals surface area contributed by atoms with E-state index in [0.717, 1.165) is 10.5 Å². The van der Waals surface area contributed by atoms with E-state index in [1.807, 2.05) is 26.2 Å². The molecule has 3 rings (SSSR count). The number of carbonyl (C=O) groups excluding carboxylic acids is 2. The number of amides is 3. The summed E-state index contributed by atoms with van der Waals surface area (Å²) >= 11 is 0. The molecule has 162 valence electrons. The lowest BCUT2D eigenvalue weighted by Gasteiger charge is -2.22. The monoisotopic (exact) mass is 434 g/mol. The van der Waals surface area contributed by atoms with E-state index in [1.165, 1.54) is 0 Å². The van der Waals surface area contributed by atoms with Gasteiger partial charge in [0.05, 0.1) is 11.9 Å². The fourth-order valence-electron chi connectivity index (χ4n) is 2.92. The minimum Gasteiger partial charge on any atom is -0.307 e. The van der Waals surface area contributed by atoms with Crippen LogP contribution in [0.3, 0.4) is 0 Å². The molecule has 0 saturated carbocycles. The number of hydrogen-bond acceptors (Lipinski definition) is 4. The SMILES string of the molecule is C#Cc1ccc(N(C(=O)Nc2ccc(C=NN(C)C)cc2)C(=O)c2cccc(C#C)c2)cc1. The predicted molar refractivity (Wildman–Crippen MR) is 132 cm³/mol. The zero-order valence-electron chi connectivity index (χ0n) is 18.3. The van der Waals surface area contributed by atoms with E-state index in [0.29, 0.717) is 22.5 Å². The van der Waals surface area contributed by atoms with Crippen molar-refractivity contribution in [3.05, 3.63) is 95.1 Å². The number of terminal acetylenes is 2. The fraction of sp³-hybridized carbons (Fsp3) is 0.0741. The van der Waals surface area contributed by atoms with Crippen LogP contribution in [-0.2, 0) is 0 Å². The highest BCUT2D eigenvalue weighted by atomic mass is 16.2. The van der Waals surface area contributed by atoms with Crippen LogP contribution in [0.2, 0.25) is 0 Å². The third kappa shape index (κ3) is 5.88. The zero-order valence-corrected chi connectivity index (χ0v) is 18.3. The summed E-state index contributed by atoms with van der Waals surface area (Å²) in [5.74, 6) is 4.50. The van der Waals surface area contributed by atoms with Crippen molar-refractivity contribution in [1.29, 1.82) is 0 Å². The van der Waals surface area contributed by atoms with E-state index in [4.69, 9.17) is 12.8 Å². The number of urea groups is 1. The highest BCUT2D eigenvalue weighted by Gasteiger charge is 2.25. The van der Waals surface area contributed by atoms with Gasteiger partial charge in [-0.3, -0.25) is 4.79 Å². The van der Waals surface area contributed by atoms with Gasteiger partial charge in [-0.25, -0.2) is 9.69 Å². The normalized spacial score (nSPS) is 10.2. The summed E-state index contributed by atoms with van der Waals surface area (Å²) < 4.78 is 0. The van der Waals surface area contributed by atoms with E-state index in [9.17, 15) is 9.59 Å². The molecular weight excluding hydrogens is 412 g/mol. The smallest absolute Gasteiger partial charge is 0.307 e. The first-order valence-electron chi connectivity index (χ1n) is 10.0. The average molecular weight is 434 g/mol. The van der Waals surface area contributed by atoms with Crippen LogP contribution in [0.25, 0.3) is 0 Å². The summed E-state index contributed by atoms with van der Waals surface area (Å²) in [6.45, 7) is 0. The molecule has 0 atom stereocenters. The van der Waals surface area contributed by atoms with Gasteiger partial charge in [0.1, 0.15) is 0 Å². The lowest BCUT2D eigenvalue weighted by atomic mass is 10.1. The second-order valence-corrected chi connectivity index (χ2v) is 7.20. The predicted octanol–water partition coefficient (Wildman–Crippen LogP) is 4.42. The number of hydrazone groups is 1. The van der Waals surface area contributed by atoms with Crippen LogP contribution >= 0.6 is 0 Å². The molecule has 0 saturated heterocycles. The van der Waals surface area contributed by atoms with Gasteiger partial charge in [0, 0.05) is 36.5 Å². The Kier molecular flexibility index (Phi) is 7.26. The van der Waals surface area contributed by atoms with Crippen molar-refractivity contribution in [2.45, 2.75) is 0 Å². The Balaban J connectivity index is 1.91. The summed E-state index contributed by atoms with van der Waals surface area (Å²) in [6.07, 6.45) is 12.6. The first-order valence-corrected chi connectivity index (χ1v) is 10.0. The van der Waals surface area contributed by atoms with Crippen molar-refractivity contribution in [2.75, 3.05) is 24.3 Å². The molecule has 0 spiro atoms. The first kappa shape index (κ1) is 22.9. The Bertz CT molecular complexity index is 1260. The Morgan fingerprint density at radius 3 is 2.18 bits per heavy atom. The second kappa shape index (κ2) is 10.5. The minimum absolute atomic E-state index is 0.289. The molecule has 6 nitrogen and oxygen atoms in total. The topological polar surface area (TPSA) is 65.0 Å². The molecular formula is C27H22N4O2. The van der Waals surface area contributed by atoms with E-state index in [-0.39, 0.29) is 5.56 Å². The Morgan fingerprint density at radius 2 is 1.58 bits per heavy atom. The molecule has 33 heavy (non-hydrogen) atoms. The highest BCUT2D eigenvalue weighted by molar-refractivity contribution is 6.23. The van der Waals surface area contributed by atoms with Crippen molar-refractivity contribution in [2.24, 2.45) is 5.10 Å². The molecule has 0 aliphatic carbocycles. The first-order chi connectivity index (χ1) is 15.9. The molecule has 3 amide bonds. The van der Waals surface area contributed by atoms with E-state index < -0.39 is 11.9 Å². The van der Waals surface area contributed by atoms with Gasteiger partial charge < -0.3 is 10.3 Å². The molecule has 1 N–H and O–H groups in total. The van der Waals surface area contributed by atoms with E-state index >= 15 is 0 Å². The number of hydrogen-bond donors (Lipinski definition) is 1. The van der Waals surface area contributed by atoms with Gasteiger partial charge in [-0.2, -0.15) is 5.10 Å². The standard InChI is InChI=1S/C27H22N4O2/c1-5-20-12-16-25(17-13-20)31(26(32)23-9-7-8-21(6-2)18-23)27(33)29-24-14-10-22(11-15-24)19-28-30(3)4/h1-2,7-19H,3-4H3,(H,29,33). The summed E-state index contributed by atoms with van der Waals surface area (Å²) in [7, 11) is 3.65. The minimum atomic E-state index is -0.616. The lowest BCUT2D eigenvalue weighted by molar-refractivity contribution is 0.0995. The van der Waals surface area contributed by atoms with Gasteiger partial charge in [-0.1, -0.05) is 30.0 Å². The summed E-state index contributed by atoms with van der Waals surface area (Å²) in [5, 5.41) is 8.63. The van der Waals surface area contributed by atoms with Gasteiger partial charge in [0.2, 0.25) is 0 Å². The molecule has 0 bridgehead atoms. The van der Waals surface area contributed by atoms with E-state index in [1.54, 1.807) is 71.9 Å². The molecule has 3 aromatic carbocycles. The average Bonchev–Trinajstić information content (AvgIpc) is 2.84. The molecule has 0 heterocycles. The van der Waals surface area contributed by atoms with Crippen LogP contribution in [-0.4, -0.2) is 37.3 Å². The highest BCUT2D eigenvalue weighted by Crippen LogP contribution is 2.21. The number of nitrogens with one attached hydrogen (secondary N) is 1. The number of carbonyl (C=O) groups is 2. The molecule has 6 heteroatoms. The van der Waals surface area contributed by atoms with Gasteiger partial charge in [0.25, 0.3) is 5.91 Å². The van der Waals surface area contributed by atoms with Crippen LogP contribution < -0.4 is 10.2 Å². The van der Waals surface area contributed by atoms with Crippen molar-refractivity contribution in [1.82, 2.24) is 5.01 Å². The van der Waals surface area contributed by atoms with Crippen LogP contribution in [0.5, 0.6) is 0 Å².